The van der Waals surface area contributed by atoms with Gasteiger partial charge in [0.2, 0.25) is 0 Å². The van der Waals surface area contributed by atoms with Gasteiger partial charge >= 0.3 is 0 Å². The summed E-state index contributed by atoms with van der Waals surface area (Å²) in [5, 5.41) is 0. The summed E-state index contributed by atoms with van der Waals surface area (Å²) in [5.74, 6) is 1.20. The third kappa shape index (κ3) is 2.31. The first-order chi connectivity index (χ1) is 9.19. The summed E-state index contributed by atoms with van der Waals surface area (Å²) in [4.78, 5) is 12.4. The van der Waals surface area contributed by atoms with Crippen molar-refractivity contribution in [2.24, 2.45) is 5.73 Å². The standard InChI is InChI=1S/C14H17NO4/c15-14(4-7-17-9-14)13(16)10-2-3-11-12(8-10)19-6-1-5-18-11/h2-3,8H,1,4-7,9,15H2. The maximum absolute atomic E-state index is 12.4. The van der Waals surface area contributed by atoms with Crippen molar-refractivity contribution in [3.8, 4) is 11.5 Å². The highest BCUT2D eigenvalue weighted by Gasteiger charge is 2.38. The van der Waals surface area contributed by atoms with E-state index in [1.54, 1.807) is 18.2 Å². The van der Waals surface area contributed by atoms with Crippen LogP contribution in [0.4, 0.5) is 0 Å². The number of hydrogen-bond acceptors (Lipinski definition) is 5. The summed E-state index contributed by atoms with van der Waals surface area (Å²) in [6.07, 6.45) is 1.40. The molecule has 2 N–H and O–H groups in total. The number of benzene rings is 1. The molecule has 5 heteroatoms. The molecule has 5 nitrogen and oxygen atoms in total. The second-order valence-corrected chi connectivity index (χ2v) is 5.00. The van der Waals surface area contributed by atoms with Crippen LogP contribution < -0.4 is 15.2 Å². The predicted molar refractivity (Wildman–Crippen MR) is 68.7 cm³/mol. The number of fused-ring (bicyclic) bond motifs is 1. The lowest BCUT2D eigenvalue weighted by atomic mass is 9.89. The van der Waals surface area contributed by atoms with Crippen molar-refractivity contribution in [2.75, 3.05) is 26.4 Å². The van der Waals surface area contributed by atoms with Gasteiger partial charge in [-0.3, -0.25) is 4.79 Å². The van der Waals surface area contributed by atoms with Crippen LogP contribution in [0.2, 0.25) is 0 Å². The summed E-state index contributed by atoms with van der Waals surface area (Å²) in [6.45, 7) is 2.05. The normalized spacial score (nSPS) is 25.9. The molecule has 1 saturated heterocycles. The lowest BCUT2D eigenvalue weighted by Gasteiger charge is -2.20. The highest BCUT2D eigenvalue weighted by Crippen LogP contribution is 2.32. The lowest BCUT2D eigenvalue weighted by Crippen LogP contribution is -2.48. The highest BCUT2D eigenvalue weighted by atomic mass is 16.5. The molecule has 1 fully saturated rings. The molecular formula is C14H17NO4. The Kier molecular flexibility index (Phi) is 3.16. The van der Waals surface area contributed by atoms with Gasteiger partial charge < -0.3 is 19.9 Å². The number of hydrogen-bond donors (Lipinski definition) is 1. The zero-order valence-corrected chi connectivity index (χ0v) is 10.7. The van der Waals surface area contributed by atoms with Crippen LogP contribution in [-0.2, 0) is 4.74 Å². The quantitative estimate of drug-likeness (QED) is 0.810. The Balaban J connectivity index is 1.89. The Labute approximate surface area is 111 Å². The first-order valence-electron chi connectivity index (χ1n) is 6.50. The van der Waals surface area contributed by atoms with Crippen molar-refractivity contribution in [1.82, 2.24) is 0 Å². The molecule has 1 aromatic carbocycles. The summed E-state index contributed by atoms with van der Waals surface area (Å²) >= 11 is 0. The third-order valence-electron chi connectivity index (χ3n) is 3.51. The van der Waals surface area contributed by atoms with Crippen molar-refractivity contribution < 1.29 is 19.0 Å². The summed E-state index contributed by atoms with van der Waals surface area (Å²) in [7, 11) is 0. The monoisotopic (exact) mass is 263 g/mol. The zero-order chi connectivity index (χ0) is 13.3. The Bertz CT molecular complexity index is 494. The number of ether oxygens (including phenoxy) is 3. The SMILES string of the molecule is NC1(C(=O)c2ccc3c(c2)OCCCO3)CCOC1. The van der Waals surface area contributed by atoms with Crippen LogP contribution in [0.5, 0.6) is 11.5 Å². The molecule has 0 spiro atoms. The average molecular weight is 263 g/mol. The molecule has 2 heterocycles. The van der Waals surface area contributed by atoms with E-state index in [9.17, 15) is 4.79 Å². The second-order valence-electron chi connectivity index (χ2n) is 5.00. The van der Waals surface area contributed by atoms with E-state index < -0.39 is 5.54 Å². The van der Waals surface area contributed by atoms with Crippen LogP contribution in [0.25, 0.3) is 0 Å². The van der Waals surface area contributed by atoms with E-state index in [1.807, 2.05) is 0 Å². The van der Waals surface area contributed by atoms with E-state index in [1.165, 1.54) is 0 Å². The Morgan fingerprint density at radius 1 is 1.16 bits per heavy atom. The first kappa shape index (κ1) is 12.4. The molecule has 2 aliphatic rings. The Hall–Kier alpha value is -1.59. The van der Waals surface area contributed by atoms with Crippen molar-refractivity contribution in [1.29, 1.82) is 0 Å². The fourth-order valence-corrected chi connectivity index (χ4v) is 2.35. The maximum Gasteiger partial charge on any atom is 0.185 e. The van der Waals surface area contributed by atoms with Crippen LogP contribution >= 0.6 is 0 Å². The minimum atomic E-state index is -0.903. The van der Waals surface area contributed by atoms with Crippen LogP contribution in [0.3, 0.4) is 0 Å². The van der Waals surface area contributed by atoms with Crippen molar-refractivity contribution in [3.63, 3.8) is 0 Å². The van der Waals surface area contributed by atoms with E-state index in [2.05, 4.69) is 0 Å². The fraction of sp³-hybridized carbons (Fsp3) is 0.500. The third-order valence-corrected chi connectivity index (χ3v) is 3.51. The number of Topliss-reactive ketones (excluding diaryl/α,β-unsaturated/α-hetero) is 1. The molecule has 102 valence electrons. The molecule has 19 heavy (non-hydrogen) atoms. The van der Waals surface area contributed by atoms with E-state index >= 15 is 0 Å². The van der Waals surface area contributed by atoms with Gasteiger partial charge in [-0.1, -0.05) is 0 Å². The molecule has 3 rings (SSSR count). The first-order valence-corrected chi connectivity index (χ1v) is 6.50. The van der Waals surface area contributed by atoms with Crippen molar-refractivity contribution >= 4 is 5.78 Å². The van der Waals surface area contributed by atoms with Gasteiger partial charge in [-0.2, -0.15) is 0 Å². The smallest absolute Gasteiger partial charge is 0.185 e. The zero-order valence-electron chi connectivity index (χ0n) is 10.7. The number of ketones is 1. The Morgan fingerprint density at radius 2 is 1.95 bits per heavy atom. The molecule has 1 aromatic rings. The van der Waals surface area contributed by atoms with Gasteiger partial charge in [0.15, 0.2) is 17.3 Å². The van der Waals surface area contributed by atoms with Gasteiger partial charge in [-0.05, 0) is 24.6 Å². The van der Waals surface area contributed by atoms with Gasteiger partial charge in [-0.25, -0.2) is 0 Å². The van der Waals surface area contributed by atoms with E-state index in [0.29, 0.717) is 43.3 Å². The molecular weight excluding hydrogens is 246 g/mol. The fourth-order valence-electron chi connectivity index (χ4n) is 2.35. The van der Waals surface area contributed by atoms with E-state index in [-0.39, 0.29) is 12.4 Å². The summed E-state index contributed by atoms with van der Waals surface area (Å²) in [5.41, 5.74) is 5.75. The molecule has 0 aliphatic carbocycles. The molecule has 1 unspecified atom stereocenters. The second kappa shape index (κ2) is 4.83. The summed E-state index contributed by atoms with van der Waals surface area (Å²) < 4.78 is 16.4. The Morgan fingerprint density at radius 3 is 2.68 bits per heavy atom. The largest absolute Gasteiger partial charge is 0.490 e. The van der Waals surface area contributed by atoms with Crippen molar-refractivity contribution in [3.05, 3.63) is 23.8 Å². The molecule has 0 amide bonds. The average Bonchev–Trinajstić information content (AvgIpc) is 2.74. The summed E-state index contributed by atoms with van der Waals surface area (Å²) in [6, 6.07) is 5.23. The van der Waals surface area contributed by atoms with Gasteiger partial charge in [-0.15, -0.1) is 0 Å². The molecule has 0 saturated carbocycles. The van der Waals surface area contributed by atoms with Crippen molar-refractivity contribution in [2.45, 2.75) is 18.4 Å². The molecule has 0 radical (unpaired) electrons. The molecule has 2 aliphatic heterocycles. The number of carbonyl (C=O) groups is 1. The van der Waals surface area contributed by atoms with Gasteiger partial charge in [0.25, 0.3) is 0 Å². The topological polar surface area (TPSA) is 70.8 Å². The number of rotatable bonds is 2. The van der Waals surface area contributed by atoms with Crippen LogP contribution in [0.15, 0.2) is 18.2 Å². The van der Waals surface area contributed by atoms with E-state index in [4.69, 9.17) is 19.9 Å². The van der Waals surface area contributed by atoms with Gasteiger partial charge in [0.1, 0.15) is 5.54 Å². The number of nitrogens with two attached hydrogens (primary N) is 1. The predicted octanol–water partition coefficient (Wildman–Crippen LogP) is 1.15. The van der Waals surface area contributed by atoms with Gasteiger partial charge in [0, 0.05) is 18.6 Å². The lowest BCUT2D eigenvalue weighted by molar-refractivity contribution is 0.0862. The van der Waals surface area contributed by atoms with Gasteiger partial charge in [0.05, 0.1) is 19.8 Å². The molecule has 0 bridgehead atoms. The minimum Gasteiger partial charge on any atom is -0.490 e. The van der Waals surface area contributed by atoms with Crippen LogP contribution in [0, 0.1) is 0 Å². The molecule has 1 atom stereocenters. The van der Waals surface area contributed by atoms with Crippen LogP contribution in [-0.4, -0.2) is 37.7 Å². The number of carbonyl (C=O) groups excluding carboxylic acids is 1. The molecule has 0 aromatic heterocycles. The van der Waals surface area contributed by atoms with E-state index in [0.717, 1.165) is 6.42 Å². The minimum absolute atomic E-state index is 0.0966. The highest BCUT2D eigenvalue weighted by molar-refractivity contribution is 6.03. The van der Waals surface area contributed by atoms with Crippen LogP contribution in [0.1, 0.15) is 23.2 Å². The maximum atomic E-state index is 12.4.